The van der Waals surface area contributed by atoms with Crippen molar-refractivity contribution in [3.05, 3.63) is 51.8 Å². The van der Waals surface area contributed by atoms with E-state index >= 15 is 0 Å². The third-order valence-corrected chi connectivity index (χ3v) is 4.34. The molecule has 0 saturated heterocycles. The fourth-order valence-electron chi connectivity index (χ4n) is 2.20. The first-order valence-corrected chi connectivity index (χ1v) is 9.08. The number of nitrogens with one attached hydrogen (secondary N) is 1. The number of ether oxygens (including phenoxy) is 1. The van der Waals surface area contributed by atoms with Crippen LogP contribution in [-0.4, -0.2) is 24.2 Å². The molecule has 2 rings (SSSR count). The van der Waals surface area contributed by atoms with E-state index in [1.54, 1.807) is 17.5 Å². The molecule has 0 aliphatic heterocycles. The lowest BCUT2D eigenvalue weighted by atomic mass is 10.1. The van der Waals surface area contributed by atoms with Crippen molar-refractivity contribution in [2.45, 2.75) is 32.2 Å². The molecule has 1 aromatic heterocycles. The van der Waals surface area contributed by atoms with Crippen LogP contribution in [0, 0.1) is 0 Å². The Morgan fingerprint density at radius 1 is 1.24 bits per heavy atom. The highest BCUT2D eigenvalue weighted by molar-refractivity contribution is 7.13. The van der Waals surface area contributed by atoms with Crippen molar-refractivity contribution in [2.24, 2.45) is 5.11 Å². The summed E-state index contributed by atoms with van der Waals surface area (Å²) >= 11 is 1.60. The molecule has 0 aliphatic rings. The van der Waals surface area contributed by atoms with Crippen molar-refractivity contribution < 1.29 is 9.53 Å². The first-order valence-electron chi connectivity index (χ1n) is 8.20. The van der Waals surface area contributed by atoms with Crippen molar-refractivity contribution in [2.75, 3.05) is 13.2 Å². The molecule has 1 amide bonds. The van der Waals surface area contributed by atoms with Crippen molar-refractivity contribution >= 4 is 17.4 Å². The van der Waals surface area contributed by atoms with Gasteiger partial charge in [-0.3, -0.25) is 0 Å². The van der Waals surface area contributed by atoms with E-state index in [1.807, 2.05) is 29.6 Å². The molecule has 0 saturated carbocycles. The molecule has 1 heterocycles. The Labute approximate surface area is 150 Å². The summed E-state index contributed by atoms with van der Waals surface area (Å²) in [7, 11) is 0. The monoisotopic (exact) mass is 359 g/mol. The van der Waals surface area contributed by atoms with Gasteiger partial charge in [-0.2, -0.15) is 0 Å². The predicted molar refractivity (Wildman–Crippen MR) is 98.2 cm³/mol. The molecular weight excluding hydrogens is 338 g/mol. The quantitative estimate of drug-likeness (QED) is 0.282. The van der Waals surface area contributed by atoms with Gasteiger partial charge in [-0.1, -0.05) is 42.2 Å². The third kappa shape index (κ3) is 7.24. The van der Waals surface area contributed by atoms with Crippen LogP contribution < -0.4 is 5.32 Å². The fourth-order valence-corrected chi connectivity index (χ4v) is 2.85. The summed E-state index contributed by atoms with van der Waals surface area (Å²) in [5, 5.41) is 9.15. The number of nitrogens with zero attached hydrogens (tertiary/aromatic N) is 4. The number of rotatable bonds is 10. The average Bonchev–Trinajstić information content (AvgIpc) is 3.17. The Bertz CT molecular complexity index is 682. The molecule has 1 aromatic carbocycles. The Morgan fingerprint density at radius 3 is 2.76 bits per heavy atom. The molecule has 0 bridgehead atoms. The highest BCUT2D eigenvalue weighted by Gasteiger charge is 2.03. The molecule has 0 radical (unpaired) electrons. The maximum absolute atomic E-state index is 11.6. The minimum Gasteiger partial charge on any atom is -0.450 e. The molecule has 8 heteroatoms. The molecule has 0 spiro atoms. The highest BCUT2D eigenvalue weighted by Crippen LogP contribution is 2.21. The molecule has 1 N–H and O–H groups in total. The Morgan fingerprint density at radius 2 is 2.04 bits per heavy atom. The maximum Gasteiger partial charge on any atom is 0.407 e. The second kappa shape index (κ2) is 11.1. The van der Waals surface area contributed by atoms with Gasteiger partial charge in [0.1, 0.15) is 5.01 Å². The normalized spacial score (nSPS) is 10.1. The van der Waals surface area contributed by atoms with Gasteiger partial charge < -0.3 is 10.1 Å². The summed E-state index contributed by atoms with van der Waals surface area (Å²) in [6, 6.07) is 7.94. The second-order valence-corrected chi connectivity index (χ2v) is 6.29. The molecule has 25 heavy (non-hydrogen) atoms. The topological polar surface area (TPSA) is 100.0 Å². The number of amides is 1. The first kappa shape index (κ1) is 18.8. The number of thiazole rings is 1. The van der Waals surface area contributed by atoms with Crippen molar-refractivity contribution in [1.29, 1.82) is 0 Å². The van der Waals surface area contributed by atoms with Gasteiger partial charge in [-0.15, -0.1) is 11.3 Å². The van der Waals surface area contributed by atoms with E-state index in [4.69, 9.17) is 10.3 Å². The molecule has 132 valence electrons. The molecule has 7 nitrogen and oxygen atoms in total. The van der Waals surface area contributed by atoms with Crippen LogP contribution in [0.5, 0.6) is 0 Å². The molecule has 0 fully saturated rings. The number of hydrogen-bond donors (Lipinski definition) is 1. The predicted octanol–water partition coefficient (Wildman–Crippen LogP) is 4.91. The average molecular weight is 359 g/mol. The largest absolute Gasteiger partial charge is 0.450 e. The van der Waals surface area contributed by atoms with Gasteiger partial charge in [0.15, 0.2) is 0 Å². The van der Waals surface area contributed by atoms with Gasteiger partial charge in [0.05, 0.1) is 6.61 Å². The summed E-state index contributed by atoms with van der Waals surface area (Å²) in [6.07, 6.45) is 4.98. The Kier molecular flexibility index (Phi) is 8.31. The van der Waals surface area contributed by atoms with Gasteiger partial charge in [-0.05, 0) is 23.9 Å². The van der Waals surface area contributed by atoms with E-state index < -0.39 is 6.09 Å². The third-order valence-electron chi connectivity index (χ3n) is 3.52. The number of benzene rings is 1. The van der Waals surface area contributed by atoms with Crippen LogP contribution in [0.25, 0.3) is 21.0 Å². The van der Waals surface area contributed by atoms with Crippen molar-refractivity contribution in [3.63, 3.8) is 0 Å². The second-order valence-electron chi connectivity index (χ2n) is 5.39. The number of azide groups is 1. The van der Waals surface area contributed by atoms with E-state index in [2.05, 4.69) is 20.3 Å². The van der Waals surface area contributed by atoms with Gasteiger partial charge in [0.2, 0.25) is 0 Å². The van der Waals surface area contributed by atoms with Crippen molar-refractivity contribution in [1.82, 2.24) is 10.3 Å². The van der Waals surface area contributed by atoms with Crippen LogP contribution in [0.1, 0.15) is 31.2 Å². The summed E-state index contributed by atoms with van der Waals surface area (Å²) < 4.78 is 5.13. The van der Waals surface area contributed by atoms with E-state index in [0.717, 1.165) is 41.8 Å². The lowest BCUT2D eigenvalue weighted by Gasteiger charge is -2.07. The molecular formula is C17H21N5O2S. The number of alkyl carbamates (subject to hydrolysis) is 1. The summed E-state index contributed by atoms with van der Waals surface area (Å²) in [4.78, 5) is 18.6. The molecule has 2 aromatic rings. The minimum absolute atomic E-state index is 0.399. The van der Waals surface area contributed by atoms with E-state index in [-0.39, 0.29) is 0 Å². The van der Waals surface area contributed by atoms with Gasteiger partial charge >= 0.3 is 6.09 Å². The van der Waals surface area contributed by atoms with Gasteiger partial charge in [-0.25, -0.2) is 9.78 Å². The van der Waals surface area contributed by atoms with Crippen molar-refractivity contribution in [3.8, 4) is 10.6 Å². The lowest BCUT2D eigenvalue weighted by molar-refractivity contribution is 0.143. The maximum atomic E-state index is 11.6. The number of hydrogen-bond acceptors (Lipinski definition) is 5. The standard InChI is InChI=1S/C17H21N5O2S/c18-22-21-9-3-1-2-4-11-24-17(23)20-13-14-5-7-15(8-6-14)16-19-10-12-25-16/h5-8,10,12H,1-4,9,11,13H2,(H,20,23). The highest BCUT2D eigenvalue weighted by atomic mass is 32.1. The number of carbonyl (C=O) groups is 1. The molecule has 0 unspecified atom stereocenters. The SMILES string of the molecule is [N-]=[N+]=NCCCCCCOC(=O)NCc1ccc(-c2nccs2)cc1. The van der Waals surface area contributed by atoms with Crippen LogP contribution in [0.4, 0.5) is 4.79 Å². The van der Waals surface area contributed by atoms with Gasteiger partial charge in [0.25, 0.3) is 0 Å². The van der Waals surface area contributed by atoms with Crippen LogP contribution in [0.15, 0.2) is 41.0 Å². The molecule has 0 atom stereocenters. The number of unbranched alkanes of at least 4 members (excludes halogenated alkanes) is 3. The minimum atomic E-state index is -0.405. The number of carbonyl (C=O) groups excluding carboxylic acids is 1. The zero-order valence-corrected chi connectivity index (χ0v) is 14.7. The van der Waals surface area contributed by atoms with Crippen LogP contribution in [-0.2, 0) is 11.3 Å². The zero-order chi connectivity index (χ0) is 17.7. The van der Waals surface area contributed by atoms with E-state index in [1.165, 1.54) is 0 Å². The summed E-state index contributed by atoms with van der Waals surface area (Å²) in [6.45, 7) is 1.36. The Balaban J connectivity index is 1.58. The van der Waals surface area contributed by atoms with Crippen LogP contribution >= 0.6 is 11.3 Å². The Hall–Kier alpha value is -2.57. The first-order chi connectivity index (χ1) is 12.3. The lowest BCUT2D eigenvalue weighted by Crippen LogP contribution is -2.24. The number of aromatic nitrogens is 1. The van der Waals surface area contributed by atoms with Crippen LogP contribution in [0.3, 0.4) is 0 Å². The smallest absolute Gasteiger partial charge is 0.407 e. The summed E-state index contributed by atoms with van der Waals surface area (Å²) in [5.41, 5.74) is 10.2. The van der Waals surface area contributed by atoms with Gasteiger partial charge in [0, 0.05) is 35.1 Å². The van der Waals surface area contributed by atoms with Crippen LogP contribution in [0.2, 0.25) is 0 Å². The molecule has 0 aliphatic carbocycles. The fraction of sp³-hybridized carbons (Fsp3) is 0.412. The zero-order valence-electron chi connectivity index (χ0n) is 13.9. The van der Waals surface area contributed by atoms with E-state index in [0.29, 0.717) is 19.7 Å². The van der Waals surface area contributed by atoms with E-state index in [9.17, 15) is 4.79 Å². The summed E-state index contributed by atoms with van der Waals surface area (Å²) in [5.74, 6) is 0.